The molecule has 0 saturated heterocycles. The van der Waals surface area contributed by atoms with Gasteiger partial charge in [-0.1, -0.05) is 38.1 Å². The molecule has 0 aliphatic rings. The minimum Gasteiger partial charge on any atom is -0.479 e. The fraction of sp³-hybridized carbons (Fsp3) is 0.136. The van der Waals surface area contributed by atoms with Gasteiger partial charge in [-0.05, 0) is 30.3 Å². The van der Waals surface area contributed by atoms with Gasteiger partial charge in [-0.25, -0.2) is 18.5 Å². The van der Waals surface area contributed by atoms with Gasteiger partial charge in [0.15, 0.2) is 11.5 Å². The van der Waals surface area contributed by atoms with Crippen molar-refractivity contribution in [2.45, 2.75) is 11.8 Å². The molecule has 2 heterocycles. The van der Waals surface area contributed by atoms with Crippen LogP contribution in [-0.2, 0) is 10.9 Å². The van der Waals surface area contributed by atoms with Crippen LogP contribution in [0.4, 0.5) is 36.4 Å². The molecule has 0 fully saturated rings. The van der Waals surface area contributed by atoms with E-state index in [4.69, 9.17) is 16.1 Å². The number of aromatic nitrogens is 3. The lowest BCUT2D eigenvalue weighted by molar-refractivity contribution is -0.142. The highest BCUT2D eigenvalue weighted by Crippen LogP contribution is 2.47. The van der Waals surface area contributed by atoms with Gasteiger partial charge in [-0.3, -0.25) is 0 Å². The number of benzene rings is 2. The van der Waals surface area contributed by atoms with E-state index in [-0.39, 0.29) is 10.7 Å². The minimum absolute atomic E-state index is 0.251. The van der Waals surface area contributed by atoms with Crippen LogP contribution >= 0.6 is 20.8 Å². The molecule has 15 heteroatoms. The van der Waals surface area contributed by atoms with Crippen molar-refractivity contribution < 1.29 is 40.0 Å². The average Bonchev–Trinajstić information content (AvgIpc) is 3.41. The van der Waals surface area contributed by atoms with E-state index in [9.17, 15) is 30.7 Å². The summed E-state index contributed by atoms with van der Waals surface area (Å²) in [7, 11) is 2.00. The number of ether oxygens (including phenoxy) is 1. The van der Waals surface area contributed by atoms with Gasteiger partial charge >= 0.3 is 11.8 Å². The molecule has 1 unspecified atom stereocenters. The van der Waals surface area contributed by atoms with E-state index in [2.05, 4.69) is 20.0 Å². The first kappa shape index (κ1) is 26.6. The van der Waals surface area contributed by atoms with E-state index in [1.54, 1.807) is 0 Å². The molecule has 0 saturated carbocycles. The molecule has 194 valence electrons. The molecule has 4 rings (SSSR count). The van der Waals surface area contributed by atoms with Crippen LogP contribution < -0.4 is 0 Å². The zero-order valence-corrected chi connectivity index (χ0v) is 20.2. The maximum absolute atomic E-state index is 14.7. The third-order valence-electron chi connectivity index (χ3n) is 4.89. The highest BCUT2D eigenvalue weighted by Gasteiger charge is 2.42. The summed E-state index contributed by atoms with van der Waals surface area (Å²) in [6.45, 7) is 0. The predicted molar refractivity (Wildman–Crippen MR) is 123 cm³/mol. The first-order valence-corrected chi connectivity index (χ1v) is 10.9. The summed E-state index contributed by atoms with van der Waals surface area (Å²) >= 11 is 6.07. The van der Waals surface area contributed by atoms with Crippen LogP contribution in [0, 0.1) is 11.6 Å². The molecule has 0 aliphatic carbocycles. The summed E-state index contributed by atoms with van der Waals surface area (Å²) in [5.41, 5.74) is -8.12. The van der Waals surface area contributed by atoms with Crippen LogP contribution in [0.2, 0.25) is 5.02 Å². The molecule has 2 aromatic heterocycles. The van der Waals surface area contributed by atoms with Crippen molar-refractivity contribution >= 4 is 32.4 Å². The first-order valence-electron chi connectivity index (χ1n) is 9.98. The van der Waals surface area contributed by atoms with Crippen molar-refractivity contribution in [2.24, 2.45) is 4.99 Å². The van der Waals surface area contributed by atoms with Gasteiger partial charge in [0.25, 0.3) is 5.90 Å². The molecule has 0 spiro atoms. The van der Waals surface area contributed by atoms with Crippen molar-refractivity contribution in [1.82, 2.24) is 14.9 Å². The van der Waals surface area contributed by atoms with Crippen molar-refractivity contribution in [3.63, 3.8) is 0 Å². The van der Waals surface area contributed by atoms with Gasteiger partial charge in [0, 0.05) is 0 Å². The van der Waals surface area contributed by atoms with E-state index >= 15 is 0 Å². The summed E-state index contributed by atoms with van der Waals surface area (Å²) in [6, 6.07) is 7.60. The Kier molecular flexibility index (Phi) is 7.04. The maximum Gasteiger partial charge on any atom is 0.434 e. The Labute approximate surface area is 210 Å². The lowest BCUT2D eigenvalue weighted by Crippen LogP contribution is -2.22. The van der Waals surface area contributed by atoms with E-state index in [0.29, 0.717) is 10.9 Å². The fourth-order valence-corrected chi connectivity index (χ4v) is 3.84. The molecule has 2 aromatic carbocycles. The molecular weight excluding hydrogens is 552 g/mol. The summed E-state index contributed by atoms with van der Waals surface area (Å²) in [4.78, 5) is 3.64. The summed E-state index contributed by atoms with van der Waals surface area (Å²) in [6.07, 6.45) is -4.42. The molecular formula is C22H13ClF7N4O2P. The quantitative estimate of drug-likeness (QED) is 0.111. The SMILES string of the molecule is COC(=Nc1c(-c2c(F)cccc2Cl)noc1-c1cnn(-c2cccc(F)c2)c1C(F)(F)F)C(F)(F)P. The second-order valence-electron chi connectivity index (χ2n) is 7.35. The monoisotopic (exact) mass is 564 g/mol. The molecule has 1 atom stereocenters. The van der Waals surface area contributed by atoms with E-state index in [1.165, 1.54) is 18.2 Å². The molecule has 4 aromatic rings. The molecule has 0 N–H and O–H groups in total. The van der Waals surface area contributed by atoms with Crippen LogP contribution in [0.3, 0.4) is 0 Å². The first-order chi connectivity index (χ1) is 17.3. The second-order valence-corrected chi connectivity index (χ2v) is 8.48. The Hall–Kier alpha value is -3.44. The predicted octanol–water partition coefficient (Wildman–Crippen LogP) is 7.29. The van der Waals surface area contributed by atoms with E-state index < -0.39 is 63.3 Å². The summed E-state index contributed by atoms with van der Waals surface area (Å²) < 4.78 is 109. The number of halogens is 8. The van der Waals surface area contributed by atoms with Gasteiger partial charge in [-0.2, -0.15) is 27.1 Å². The molecule has 0 aliphatic heterocycles. The third kappa shape index (κ3) is 5.19. The second kappa shape index (κ2) is 9.79. The van der Waals surface area contributed by atoms with Crippen LogP contribution in [0.15, 0.2) is 58.2 Å². The normalized spacial score (nSPS) is 12.8. The van der Waals surface area contributed by atoms with Crippen LogP contribution in [0.25, 0.3) is 28.3 Å². The van der Waals surface area contributed by atoms with Crippen molar-refractivity contribution in [3.05, 3.63) is 71.0 Å². The van der Waals surface area contributed by atoms with Gasteiger partial charge in [-0.15, -0.1) is 0 Å². The molecule has 0 bridgehead atoms. The zero-order valence-electron chi connectivity index (χ0n) is 18.3. The Bertz CT molecular complexity index is 1470. The Morgan fingerprint density at radius 3 is 2.41 bits per heavy atom. The smallest absolute Gasteiger partial charge is 0.434 e. The van der Waals surface area contributed by atoms with Gasteiger partial charge < -0.3 is 9.26 Å². The van der Waals surface area contributed by atoms with Crippen molar-refractivity contribution in [1.29, 1.82) is 0 Å². The molecule has 37 heavy (non-hydrogen) atoms. The minimum atomic E-state index is -5.11. The number of hydrogen-bond acceptors (Lipinski definition) is 5. The van der Waals surface area contributed by atoms with Crippen molar-refractivity contribution in [3.8, 4) is 28.3 Å². The lowest BCUT2D eigenvalue weighted by atomic mass is 10.1. The standard InChI is InChI=1S/C22H13ClF7N4O2P/c1-35-20(22(29,30)37)32-17-16(15-13(23)6-3-7-14(15)25)33-36-18(17)12-9-31-34(19(12)21(26,27)28)11-5-2-4-10(24)8-11/h2-9H,37H2,1H3. The lowest BCUT2D eigenvalue weighted by Gasteiger charge is -2.13. The van der Waals surface area contributed by atoms with E-state index in [0.717, 1.165) is 40.6 Å². The maximum atomic E-state index is 14.7. The number of rotatable bonds is 5. The van der Waals surface area contributed by atoms with Crippen LogP contribution in [0.1, 0.15) is 5.69 Å². The number of nitrogens with zero attached hydrogens (tertiary/aromatic N) is 4. The van der Waals surface area contributed by atoms with Gasteiger partial charge in [0.1, 0.15) is 23.0 Å². The van der Waals surface area contributed by atoms with E-state index in [1.807, 2.05) is 0 Å². The number of hydrogen-bond donors (Lipinski definition) is 0. The number of methoxy groups -OCH3 is 1. The number of alkyl halides is 5. The van der Waals surface area contributed by atoms with Gasteiger partial charge in [0.05, 0.1) is 35.1 Å². The summed E-state index contributed by atoms with van der Waals surface area (Å²) in [5.74, 6) is -3.88. The Balaban J connectivity index is 2.06. The average molecular weight is 565 g/mol. The fourth-order valence-electron chi connectivity index (χ4n) is 3.40. The van der Waals surface area contributed by atoms with Crippen LogP contribution in [0.5, 0.6) is 0 Å². The highest BCUT2D eigenvalue weighted by molar-refractivity contribution is 7.20. The Morgan fingerprint density at radius 1 is 1.11 bits per heavy atom. The Morgan fingerprint density at radius 2 is 1.81 bits per heavy atom. The van der Waals surface area contributed by atoms with Crippen LogP contribution in [-0.4, -0.2) is 33.6 Å². The van der Waals surface area contributed by atoms with Crippen molar-refractivity contribution in [2.75, 3.05) is 7.11 Å². The molecule has 6 nitrogen and oxygen atoms in total. The number of aliphatic imine (C=N–C) groups is 1. The third-order valence-corrected chi connectivity index (χ3v) is 5.46. The largest absolute Gasteiger partial charge is 0.479 e. The highest BCUT2D eigenvalue weighted by atomic mass is 35.5. The zero-order chi connectivity index (χ0) is 27.1. The summed E-state index contributed by atoms with van der Waals surface area (Å²) in [5, 5.41) is 7.03. The molecule has 0 amide bonds. The topological polar surface area (TPSA) is 65.4 Å². The van der Waals surface area contributed by atoms with Gasteiger partial charge in [0.2, 0.25) is 0 Å². The molecule has 0 radical (unpaired) electrons.